The van der Waals surface area contributed by atoms with Gasteiger partial charge in [0.2, 0.25) is 0 Å². The fraction of sp³-hybridized carbons (Fsp3) is 0.182. The van der Waals surface area contributed by atoms with E-state index in [0.717, 1.165) is 9.88 Å². The lowest BCUT2D eigenvalue weighted by Gasteiger charge is -1.95. The molecule has 0 aliphatic carbocycles. The molecule has 0 fully saturated rings. The number of aromatic nitrogens is 1. The van der Waals surface area contributed by atoms with Crippen molar-refractivity contribution in [3.8, 4) is 10.4 Å². The normalized spacial score (nSPS) is 10.3. The van der Waals surface area contributed by atoms with Gasteiger partial charge in [-0.1, -0.05) is 29.8 Å². The Kier molecular flexibility index (Phi) is 2.15. The van der Waals surface area contributed by atoms with E-state index in [0.29, 0.717) is 0 Å². The average Bonchev–Trinajstić information content (AvgIpc) is 2.53. The van der Waals surface area contributed by atoms with Crippen molar-refractivity contribution >= 4 is 11.3 Å². The standard InChI is InChI=1S/C11H10NS/c1-8-3-5-10(6-4-8)11-7-12-9(2)13-11/h3-6H,1-2H3. The number of aryl methyl sites for hydroxylation is 2. The van der Waals surface area contributed by atoms with Crippen LogP contribution >= 0.6 is 11.3 Å². The Bertz CT molecular complexity index is 400. The lowest BCUT2D eigenvalue weighted by atomic mass is 10.1. The number of thiazole rings is 1. The van der Waals surface area contributed by atoms with Gasteiger partial charge in [-0.2, -0.15) is 0 Å². The third-order valence-corrected chi connectivity index (χ3v) is 2.80. The van der Waals surface area contributed by atoms with Crippen LogP contribution in [0.5, 0.6) is 0 Å². The average molecular weight is 188 g/mol. The van der Waals surface area contributed by atoms with E-state index >= 15 is 0 Å². The van der Waals surface area contributed by atoms with Gasteiger partial charge >= 0.3 is 0 Å². The molecule has 0 unspecified atom stereocenters. The Labute approximate surface area is 82.1 Å². The molecule has 65 valence electrons. The molecule has 1 radical (unpaired) electrons. The molecule has 1 aromatic heterocycles. The largest absolute Gasteiger partial charge is 0.239 e. The second-order valence-electron chi connectivity index (χ2n) is 3.04. The van der Waals surface area contributed by atoms with Crippen molar-refractivity contribution in [3.05, 3.63) is 41.0 Å². The zero-order valence-electron chi connectivity index (χ0n) is 7.66. The van der Waals surface area contributed by atoms with Crippen LogP contribution in [0.25, 0.3) is 10.4 Å². The highest BCUT2D eigenvalue weighted by Gasteiger charge is 2.00. The van der Waals surface area contributed by atoms with E-state index in [4.69, 9.17) is 0 Å². The van der Waals surface area contributed by atoms with Crippen LogP contribution in [0.3, 0.4) is 0 Å². The van der Waals surface area contributed by atoms with Gasteiger partial charge in [0.1, 0.15) is 6.20 Å². The Morgan fingerprint density at radius 1 is 1.15 bits per heavy atom. The quantitative estimate of drug-likeness (QED) is 0.669. The predicted octanol–water partition coefficient (Wildman–Crippen LogP) is 3.23. The molecule has 1 aromatic carbocycles. The summed E-state index contributed by atoms with van der Waals surface area (Å²) < 4.78 is 0. The Morgan fingerprint density at radius 3 is 2.38 bits per heavy atom. The summed E-state index contributed by atoms with van der Waals surface area (Å²) in [6, 6.07) is 8.44. The van der Waals surface area contributed by atoms with E-state index in [1.165, 1.54) is 11.1 Å². The topological polar surface area (TPSA) is 12.9 Å². The number of hydrogen-bond donors (Lipinski definition) is 0. The van der Waals surface area contributed by atoms with Crippen LogP contribution in [0.15, 0.2) is 24.3 Å². The molecular weight excluding hydrogens is 178 g/mol. The van der Waals surface area contributed by atoms with Crippen molar-refractivity contribution in [1.29, 1.82) is 0 Å². The van der Waals surface area contributed by atoms with E-state index < -0.39 is 0 Å². The van der Waals surface area contributed by atoms with Gasteiger partial charge in [-0.15, -0.1) is 11.3 Å². The predicted molar refractivity (Wildman–Crippen MR) is 55.9 cm³/mol. The molecule has 1 heterocycles. The molecule has 2 heteroatoms. The van der Waals surface area contributed by atoms with Crippen LogP contribution in [0, 0.1) is 20.0 Å². The van der Waals surface area contributed by atoms with Gasteiger partial charge in [0.15, 0.2) is 0 Å². The van der Waals surface area contributed by atoms with Crippen LogP contribution in [-0.4, -0.2) is 4.98 Å². The lowest BCUT2D eigenvalue weighted by molar-refractivity contribution is 1.29. The van der Waals surface area contributed by atoms with Crippen LogP contribution in [0.4, 0.5) is 0 Å². The SMILES string of the molecule is Cc1ccc(-c2[c]nc(C)s2)cc1. The Balaban J connectivity index is 2.41. The second kappa shape index (κ2) is 3.30. The summed E-state index contributed by atoms with van der Waals surface area (Å²) >= 11 is 1.68. The van der Waals surface area contributed by atoms with Gasteiger partial charge in [-0.05, 0) is 19.4 Å². The molecule has 1 nitrogen and oxygen atoms in total. The van der Waals surface area contributed by atoms with Crippen molar-refractivity contribution in [2.75, 3.05) is 0 Å². The number of benzene rings is 1. The zero-order valence-corrected chi connectivity index (χ0v) is 8.48. The molecule has 0 spiro atoms. The van der Waals surface area contributed by atoms with E-state index in [-0.39, 0.29) is 0 Å². The van der Waals surface area contributed by atoms with E-state index in [1.54, 1.807) is 11.3 Å². The zero-order chi connectivity index (χ0) is 9.26. The van der Waals surface area contributed by atoms with Gasteiger partial charge in [0.25, 0.3) is 0 Å². The summed E-state index contributed by atoms with van der Waals surface area (Å²) in [6.07, 6.45) is 3.01. The third kappa shape index (κ3) is 1.78. The van der Waals surface area contributed by atoms with E-state index in [2.05, 4.69) is 42.4 Å². The van der Waals surface area contributed by atoms with Crippen molar-refractivity contribution in [3.63, 3.8) is 0 Å². The van der Waals surface area contributed by atoms with Gasteiger partial charge in [-0.25, -0.2) is 4.98 Å². The maximum Gasteiger partial charge on any atom is 0.109 e. The molecule has 2 aromatic rings. The number of rotatable bonds is 1. The van der Waals surface area contributed by atoms with E-state index in [1.807, 2.05) is 6.92 Å². The maximum atomic E-state index is 4.11. The molecule has 0 aliphatic rings. The molecule has 0 saturated carbocycles. The van der Waals surface area contributed by atoms with Crippen LogP contribution in [-0.2, 0) is 0 Å². The summed E-state index contributed by atoms with van der Waals surface area (Å²) in [6.45, 7) is 4.09. The highest BCUT2D eigenvalue weighted by Crippen LogP contribution is 2.24. The molecular formula is C11H10NS. The van der Waals surface area contributed by atoms with Crippen LogP contribution in [0.2, 0.25) is 0 Å². The molecule has 0 atom stereocenters. The first-order valence-electron chi connectivity index (χ1n) is 4.18. The highest BCUT2D eigenvalue weighted by atomic mass is 32.1. The summed E-state index contributed by atoms with van der Waals surface area (Å²) in [5, 5.41) is 1.07. The summed E-state index contributed by atoms with van der Waals surface area (Å²) in [5.74, 6) is 0. The van der Waals surface area contributed by atoms with Gasteiger partial charge in [-0.3, -0.25) is 0 Å². The molecule has 0 amide bonds. The van der Waals surface area contributed by atoms with Crippen molar-refractivity contribution in [2.24, 2.45) is 0 Å². The summed E-state index contributed by atoms with van der Waals surface area (Å²) in [7, 11) is 0. The summed E-state index contributed by atoms with van der Waals surface area (Å²) in [5.41, 5.74) is 2.49. The van der Waals surface area contributed by atoms with Crippen LogP contribution < -0.4 is 0 Å². The molecule has 0 aliphatic heterocycles. The van der Waals surface area contributed by atoms with E-state index in [9.17, 15) is 0 Å². The number of hydrogen-bond acceptors (Lipinski definition) is 2. The van der Waals surface area contributed by atoms with Gasteiger partial charge in [0, 0.05) is 0 Å². The number of nitrogens with zero attached hydrogens (tertiary/aromatic N) is 1. The lowest BCUT2D eigenvalue weighted by Crippen LogP contribution is -1.73. The second-order valence-corrected chi connectivity index (χ2v) is 4.24. The smallest absolute Gasteiger partial charge is 0.109 e. The van der Waals surface area contributed by atoms with Crippen molar-refractivity contribution in [2.45, 2.75) is 13.8 Å². The Hall–Kier alpha value is -1.15. The molecule has 0 N–H and O–H groups in total. The highest BCUT2D eigenvalue weighted by molar-refractivity contribution is 7.15. The van der Waals surface area contributed by atoms with Crippen LogP contribution in [0.1, 0.15) is 10.6 Å². The summed E-state index contributed by atoms with van der Waals surface area (Å²) in [4.78, 5) is 5.23. The fourth-order valence-electron chi connectivity index (χ4n) is 1.15. The first kappa shape index (κ1) is 8.45. The molecule has 13 heavy (non-hydrogen) atoms. The first-order valence-corrected chi connectivity index (χ1v) is 4.99. The Morgan fingerprint density at radius 2 is 1.85 bits per heavy atom. The molecule has 0 bridgehead atoms. The molecule has 0 saturated heterocycles. The molecule has 2 rings (SSSR count). The minimum Gasteiger partial charge on any atom is -0.239 e. The van der Waals surface area contributed by atoms with Crippen molar-refractivity contribution in [1.82, 2.24) is 4.98 Å². The minimum atomic E-state index is 1.07. The first-order chi connectivity index (χ1) is 6.25. The third-order valence-electron chi connectivity index (χ3n) is 1.88. The van der Waals surface area contributed by atoms with Gasteiger partial charge < -0.3 is 0 Å². The van der Waals surface area contributed by atoms with Gasteiger partial charge in [0.05, 0.1) is 9.88 Å². The fourth-order valence-corrected chi connectivity index (χ4v) is 1.88. The minimum absolute atomic E-state index is 1.07. The van der Waals surface area contributed by atoms with Crippen molar-refractivity contribution < 1.29 is 0 Å². The maximum absolute atomic E-state index is 4.11. The monoisotopic (exact) mass is 188 g/mol.